The van der Waals surface area contributed by atoms with Crippen LogP contribution in [-0.2, 0) is 24.3 Å². The van der Waals surface area contributed by atoms with Gasteiger partial charge in [-0.15, -0.1) is 0 Å². The Morgan fingerprint density at radius 2 is 1.94 bits per heavy atom. The minimum absolute atomic E-state index is 0.0173. The fraction of sp³-hybridized carbons (Fsp3) is 0.407. The van der Waals surface area contributed by atoms with Crippen LogP contribution in [0.1, 0.15) is 58.2 Å². The molecular formula is C27H33N3O3. The van der Waals surface area contributed by atoms with Crippen molar-refractivity contribution in [2.75, 3.05) is 14.2 Å². The van der Waals surface area contributed by atoms with Gasteiger partial charge in [0, 0.05) is 19.7 Å². The number of H-pyrrole nitrogens is 1. The monoisotopic (exact) mass is 447 g/mol. The number of nitrogens with one attached hydrogen (secondary N) is 1. The van der Waals surface area contributed by atoms with E-state index in [4.69, 9.17) is 4.74 Å². The van der Waals surface area contributed by atoms with E-state index < -0.39 is 0 Å². The number of carbonyl (C=O) groups is 1. The molecule has 1 aromatic heterocycles. The summed E-state index contributed by atoms with van der Waals surface area (Å²) in [5, 5.41) is 17.9. The van der Waals surface area contributed by atoms with Crippen LogP contribution in [0.15, 0.2) is 60.7 Å². The summed E-state index contributed by atoms with van der Waals surface area (Å²) in [5.41, 5.74) is 4.64. The number of aromatic amines is 1. The van der Waals surface area contributed by atoms with Crippen LogP contribution in [-0.4, -0.2) is 40.3 Å². The molecule has 0 bridgehead atoms. The molecule has 1 amide bonds. The first-order valence-electron chi connectivity index (χ1n) is 11.6. The minimum atomic E-state index is -0.382. The van der Waals surface area contributed by atoms with Crippen molar-refractivity contribution >= 4 is 5.91 Å². The summed E-state index contributed by atoms with van der Waals surface area (Å²) >= 11 is 0. The van der Waals surface area contributed by atoms with Crippen molar-refractivity contribution in [2.24, 2.45) is 11.8 Å². The molecule has 0 spiro atoms. The largest absolute Gasteiger partial charge is 0.388 e. The van der Waals surface area contributed by atoms with Crippen LogP contribution in [0.2, 0.25) is 0 Å². The summed E-state index contributed by atoms with van der Waals surface area (Å²) in [7, 11) is 3.43. The van der Waals surface area contributed by atoms with Crippen molar-refractivity contribution in [1.82, 2.24) is 15.1 Å². The number of aliphatic hydroxyl groups excluding tert-OH is 1. The molecule has 1 fully saturated rings. The molecule has 1 aliphatic rings. The molecule has 33 heavy (non-hydrogen) atoms. The Morgan fingerprint density at radius 1 is 1.18 bits per heavy atom. The highest BCUT2D eigenvalue weighted by Gasteiger charge is 2.30. The molecule has 6 nitrogen and oxygen atoms in total. The number of carbonyl (C=O) groups excluding carboxylic acids is 1. The molecule has 3 atom stereocenters. The average molecular weight is 448 g/mol. The van der Waals surface area contributed by atoms with E-state index in [-0.39, 0.29) is 12.0 Å². The lowest BCUT2D eigenvalue weighted by Crippen LogP contribution is -2.26. The maximum Gasteiger partial charge on any atom is 0.253 e. The highest BCUT2D eigenvalue weighted by molar-refractivity contribution is 5.94. The SMILES string of the molecule is COCc1cc(CN(C)C(=O)c2ccc(C[C@@H]3CC[C@H]([C@H](O)c4ccccc4)C3)cc2)[nH]n1. The fourth-order valence-corrected chi connectivity index (χ4v) is 4.88. The second-order valence-electron chi connectivity index (χ2n) is 9.17. The Bertz CT molecular complexity index is 1030. The molecule has 0 saturated heterocycles. The van der Waals surface area contributed by atoms with E-state index in [9.17, 15) is 9.90 Å². The third-order valence-corrected chi connectivity index (χ3v) is 6.63. The number of benzene rings is 2. The predicted molar refractivity (Wildman–Crippen MR) is 127 cm³/mol. The van der Waals surface area contributed by atoms with Gasteiger partial charge in [-0.05, 0) is 66.8 Å². The van der Waals surface area contributed by atoms with E-state index in [1.165, 1.54) is 5.56 Å². The van der Waals surface area contributed by atoms with Crippen LogP contribution in [0.5, 0.6) is 0 Å². The van der Waals surface area contributed by atoms with Gasteiger partial charge < -0.3 is 14.7 Å². The molecule has 3 aromatic rings. The van der Waals surface area contributed by atoms with Crippen molar-refractivity contribution < 1.29 is 14.6 Å². The molecule has 4 rings (SSSR count). The van der Waals surface area contributed by atoms with Crippen LogP contribution in [0.25, 0.3) is 0 Å². The Labute approximate surface area is 195 Å². The lowest BCUT2D eigenvalue weighted by Gasteiger charge is -2.19. The molecular weight excluding hydrogens is 414 g/mol. The molecule has 2 aromatic carbocycles. The third-order valence-electron chi connectivity index (χ3n) is 6.63. The maximum absolute atomic E-state index is 12.8. The molecule has 1 saturated carbocycles. The second-order valence-corrected chi connectivity index (χ2v) is 9.17. The number of amides is 1. The normalized spacial score (nSPS) is 18.9. The fourth-order valence-electron chi connectivity index (χ4n) is 4.88. The average Bonchev–Trinajstić information content (AvgIpc) is 3.49. The summed E-state index contributed by atoms with van der Waals surface area (Å²) in [4.78, 5) is 14.5. The van der Waals surface area contributed by atoms with Gasteiger partial charge in [-0.3, -0.25) is 9.89 Å². The summed E-state index contributed by atoms with van der Waals surface area (Å²) in [6, 6.07) is 19.9. The first-order chi connectivity index (χ1) is 16.0. The van der Waals surface area contributed by atoms with E-state index in [1.54, 1.807) is 19.1 Å². The van der Waals surface area contributed by atoms with Crippen LogP contribution in [0.3, 0.4) is 0 Å². The van der Waals surface area contributed by atoms with Crippen LogP contribution < -0.4 is 0 Å². The summed E-state index contributed by atoms with van der Waals surface area (Å²) in [5.74, 6) is 0.870. The summed E-state index contributed by atoms with van der Waals surface area (Å²) in [6.45, 7) is 0.910. The lowest BCUT2D eigenvalue weighted by atomic mass is 9.91. The standard InChI is InChI=1S/C27H33N3O3/c1-30(17-24-16-25(18-33-2)29-28-24)27(32)22-11-8-19(9-12-22)14-20-10-13-23(15-20)26(31)21-6-4-3-5-7-21/h3-9,11-12,16,20,23,26,31H,10,13-15,17-18H2,1-2H3,(H,28,29)/t20-,23-,26+/m0/s1. The highest BCUT2D eigenvalue weighted by Crippen LogP contribution is 2.40. The molecule has 174 valence electrons. The smallest absolute Gasteiger partial charge is 0.253 e. The van der Waals surface area contributed by atoms with Crippen molar-refractivity contribution in [1.29, 1.82) is 0 Å². The second kappa shape index (κ2) is 10.8. The van der Waals surface area contributed by atoms with Crippen molar-refractivity contribution in [3.63, 3.8) is 0 Å². The van der Waals surface area contributed by atoms with Gasteiger partial charge in [0.05, 0.1) is 30.6 Å². The van der Waals surface area contributed by atoms with Gasteiger partial charge in [-0.1, -0.05) is 42.5 Å². The highest BCUT2D eigenvalue weighted by atomic mass is 16.5. The summed E-state index contributed by atoms with van der Waals surface area (Å²) in [6.07, 6.45) is 3.83. The Hall–Kier alpha value is -2.96. The number of hydrogen-bond acceptors (Lipinski definition) is 4. The minimum Gasteiger partial charge on any atom is -0.388 e. The predicted octanol–water partition coefficient (Wildman–Crippen LogP) is 4.52. The molecule has 1 heterocycles. The zero-order valence-corrected chi connectivity index (χ0v) is 19.4. The van der Waals surface area contributed by atoms with Crippen molar-refractivity contribution in [3.8, 4) is 0 Å². The van der Waals surface area contributed by atoms with Gasteiger partial charge in [0.1, 0.15) is 0 Å². The molecule has 0 radical (unpaired) electrons. The Balaban J connectivity index is 1.29. The zero-order chi connectivity index (χ0) is 23.2. The van der Waals surface area contributed by atoms with Crippen LogP contribution in [0, 0.1) is 11.8 Å². The van der Waals surface area contributed by atoms with Gasteiger partial charge >= 0.3 is 0 Å². The molecule has 1 aliphatic carbocycles. The van der Waals surface area contributed by atoms with Gasteiger partial charge in [0.2, 0.25) is 0 Å². The number of hydrogen-bond donors (Lipinski definition) is 2. The molecule has 2 N–H and O–H groups in total. The molecule has 0 unspecified atom stereocenters. The molecule has 0 aliphatic heterocycles. The quantitative estimate of drug-likeness (QED) is 0.506. The first kappa shape index (κ1) is 23.2. The molecule has 6 heteroatoms. The Kier molecular flexibility index (Phi) is 7.57. The van der Waals surface area contributed by atoms with E-state index >= 15 is 0 Å². The number of nitrogens with zero attached hydrogens (tertiary/aromatic N) is 2. The van der Waals surface area contributed by atoms with E-state index in [1.807, 2.05) is 48.5 Å². The Morgan fingerprint density at radius 3 is 2.67 bits per heavy atom. The van der Waals surface area contributed by atoms with Crippen LogP contribution >= 0.6 is 0 Å². The summed E-state index contributed by atoms with van der Waals surface area (Å²) < 4.78 is 5.08. The van der Waals surface area contributed by atoms with Gasteiger partial charge in [0.15, 0.2) is 0 Å². The maximum atomic E-state index is 12.8. The van der Waals surface area contributed by atoms with Gasteiger partial charge in [0.25, 0.3) is 5.91 Å². The third kappa shape index (κ3) is 5.89. The number of ether oxygens (including phenoxy) is 1. The van der Waals surface area contributed by atoms with Gasteiger partial charge in [-0.25, -0.2) is 0 Å². The first-order valence-corrected chi connectivity index (χ1v) is 11.6. The van der Waals surface area contributed by atoms with Crippen molar-refractivity contribution in [2.45, 2.75) is 44.9 Å². The van der Waals surface area contributed by atoms with E-state index in [0.29, 0.717) is 30.6 Å². The zero-order valence-electron chi connectivity index (χ0n) is 19.4. The van der Waals surface area contributed by atoms with Gasteiger partial charge in [-0.2, -0.15) is 5.10 Å². The van der Waals surface area contributed by atoms with E-state index in [2.05, 4.69) is 22.3 Å². The number of aliphatic hydroxyl groups is 1. The number of rotatable bonds is 9. The van der Waals surface area contributed by atoms with E-state index in [0.717, 1.165) is 42.6 Å². The number of methoxy groups -OCH3 is 1. The van der Waals surface area contributed by atoms with Crippen molar-refractivity contribution in [3.05, 3.63) is 88.7 Å². The number of aromatic nitrogens is 2. The topological polar surface area (TPSA) is 78.5 Å². The van der Waals surface area contributed by atoms with Crippen LogP contribution in [0.4, 0.5) is 0 Å². The lowest BCUT2D eigenvalue weighted by molar-refractivity contribution is 0.0783.